The summed E-state index contributed by atoms with van der Waals surface area (Å²) in [4.78, 5) is 8.41. The summed E-state index contributed by atoms with van der Waals surface area (Å²) >= 11 is 0. The van der Waals surface area contributed by atoms with E-state index in [1.807, 2.05) is 6.07 Å². The Hall–Kier alpha value is -3.80. The minimum Gasteiger partial charge on any atom is -0.439 e. The molecule has 4 rings (SSSR count). The molecule has 0 aliphatic rings. The zero-order valence-corrected chi connectivity index (χ0v) is 14.5. The fourth-order valence-electron chi connectivity index (χ4n) is 2.57. The van der Waals surface area contributed by atoms with Gasteiger partial charge < -0.3 is 9.47 Å². The summed E-state index contributed by atoms with van der Waals surface area (Å²) in [6.45, 7) is 0. The van der Waals surface area contributed by atoms with E-state index in [2.05, 4.69) is 9.97 Å². The third-order valence-electron chi connectivity index (χ3n) is 3.82. The van der Waals surface area contributed by atoms with Crippen LogP contribution in [0.5, 0.6) is 23.3 Å². The van der Waals surface area contributed by atoms with E-state index in [0.29, 0.717) is 23.1 Å². The van der Waals surface area contributed by atoms with Crippen molar-refractivity contribution in [2.45, 2.75) is 0 Å². The molecule has 0 N–H and O–H groups in total. The summed E-state index contributed by atoms with van der Waals surface area (Å²) in [5.74, 6) is 0.464. The third-order valence-corrected chi connectivity index (χ3v) is 3.82. The van der Waals surface area contributed by atoms with Crippen molar-refractivity contribution in [1.82, 2.24) is 9.97 Å². The van der Waals surface area contributed by atoms with E-state index in [1.165, 1.54) is 12.1 Å². The minimum atomic E-state index is -0.685. The zero-order valence-electron chi connectivity index (χ0n) is 14.5. The lowest BCUT2D eigenvalue weighted by molar-refractivity contribution is 0.442. The second-order valence-corrected chi connectivity index (χ2v) is 5.83. The molecule has 0 bridgehead atoms. The molecule has 138 valence electrons. The normalized spacial score (nSPS) is 10.5. The second kappa shape index (κ2) is 7.84. The smallest absolute Gasteiger partial charge is 0.219 e. The van der Waals surface area contributed by atoms with Crippen LogP contribution in [0, 0.1) is 11.6 Å². The Morgan fingerprint density at radius 1 is 0.679 bits per heavy atom. The molecular weight excluding hydrogens is 362 g/mol. The minimum absolute atomic E-state index is 0.194. The molecule has 0 saturated heterocycles. The lowest BCUT2D eigenvalue weighted by Gasteiger charge is -2.09. The van der Waals surface area contributed by atoms with E-state index >= 15 is 0 Å². The predicted molar refractivity (Wildman–Crippen MR) is 100 cm³/mol. The number of nitrogens with zero attached hydrogens (tertiary/aromatic N) is 2. The molecule has 0 fully saturated rings. The Balaban J connectivity index is 1.55. The van der Waals surface area contributed by atoms with Gasteiger partial charge in [-0.25, -0.2) is 18.7 Å². The van der Waals surface area contributed by atoms with Gasteiger partial charge in [0.05, 0.1) is 5.69 Å². The van der Waals surface area contributed by atoms with Gasteiger partial charge in [-0.2, -0.15) is 0 Å². The van der Waals surface area contributed by atoms with Crippen LogP contribution in [0.3, 0.4) is 0 Å². The number of halogens is 2. The van der Waals surface area contributed by atoms with Gasteiger partial charge in [-0.05, 0) is 36.4 Å². The molecule has 2 heterocycles. The molecule has 0 aliphatic carbocycles. The molecule has 2 aromatic heterocycles. The van der Waals surface area contributed by atoms with Crippen LogP contribution in [-0.2, 0) is 0 Å². The maximum atomic E-state index is 14.0. The number of hydrogen-bond donors (Lipinski definition) is 0. The van der Waals surface area contributed by atoms with Crippen molar-refractivity contribution in [2.75, 3.05) is 0 Å². The van der Waals surface area contributed by atoms with E-state index in [9.17, 15) is 8.78 Å². The molecule has 0 radical (unpaired) electrons. The maximum Gasteiger partial charge on any atom is 0.219 e. The molecular formula is C22H14F2N2O2. The Morgan fingerprint density at radius 2 is 1.43 bits per heavy atom. The first-order valence-corrected chi connectivity index (χ1v) is 8.47. The van der Waals surface area contributed by atoms with Gasteiger partial charge in [0, 0.05) is 36.0 Å². The van der Waals surface area contributed by atoms with Crippen LogP contribution < -0.4 is 9.47 Å². The van der Waals surface area contributed by atoms with Gasteiger partial charge in [0.25, 0.3) is 0 Å². The highest BCUT2D eigenvalue weighted by Gasteiger charge is 2.09. The van der Waals surface area contributed by atoms with E-state index < -0.39 is 11.6 Å². The molecule has 6 heteroatoms. The van der Waals surface area contributed by atoms with Crippen molar-refractivity contribution < 1.29 is 18.3 Å². The highest BCUT2D eigenvalue weighted by atomic mass is 19.1. The van der Waals surface area contributed by atoms with Gasteiger partial charge in [-0.3, -0.25) is 0 Å². The van der Waals surface area contributed by atoms with E-state index in [1.54, 1.807) is 60.8 Å². The van der Waals surface area contributed by atoms with Gasteiger partial charge >= 0.3 is 0 Å². The lowest BCUT2D eigenvalue weighted by atomic mass is 10.1. The van der Waals surface area contributed by atoms with Gasteiger partial charge in [-0.15, -0.1) is 0 Å². The van der Waals surface area contributed by atoms with Crippen molar-refractivity contribution in [2.24, 2.45) is 0 Å². The van der Waals surface area contributed by atoms with Gasteiger partial charge in [0.1, 0.15) is 23.1 Å². The molecule has 28 heavy (non-hydrogen) atoms. The Labute approximate surface area is 160 Å². The number of aromatic nitrogens is 2. The zero-order chi connectivity index (χ0) is 19.3. The van der Waals surface area contributed by atoms with Crippen LogP contribution in [0.25, 0.3) is 11.3 Å². The Morgan fingerprint density at radius 3 is 2.18 bits per heavy atom. The van der Waals surface area contributed by atoms with Crippen LogP contribution in [0.15, 0.2) is 85.1 Å². The van der Waals surface area contributed by atoms with Crippen LogP contribution >= 0.6 is 0 Å². The Kier molecular flexibility index (Phi) is 4.93. The van der Waals surface area contributed by atoms with Crippen molar-refractivity contribution in [3.05, 3.63) is 96.7 Å². The topological polar surface area (TPSA) is 44.2 Å². The monoisotopic (exact) mass is 376 g/mol. The molecule has 0 spiro atoms. The predicted octanol–water partition coefficient (Wildman–Crippen LogP) is 6.01. The fourth-order valence-corrected chi connectivity index (χ4v) is 2.57. The number of benzene rings is 2. The molecule has 0 amide bonds. The highest BCUT2D eigenvalue weighted by Crippen LogP contribution is 2.29. The van der Waals surface area contributed by atoms with Crippen molar-refractivity contribution >= 4 is 0 Å². The summed E-state index contributed by atoms with van der Waals surface area (Å²) < 4.78 is 38.6. The summed E-state index contributed by atoms with van der Waals surface area (Å²) in [6, 6.07) is 20.7. The third kappa shape index (κ3) is 4.12. The SMILES string of the molecule is Fc1ccc(-c2cccc(Oc3cccc(Oc4ccccn4)c3)n2)c(F)c1. The number of pyridine rings is 2. The first kappa shape index (κ1) is 17.6. The van der Waals surface area contributed by atoms with Crippen LogP contribution in [0.2, 0.25) is 0 Å². The first-order valence-electron chi connectivity index (χ1n) is 8.47. The number of rotatable bonds is 5. The van der Waals surface area contributed by atoms with Crippen molar-refractivity contribution in [3.63, 3.8) is 0 Å². The maximum absolute atomic E-state index is 14.0. The van der Waals surface area contributed by atoms with Gasteiger partial charge in [-0.1, -0.05) is 18.2 Å². The highest BCUT2D eigenvalue weighted by molar-refractivity contribution is 5.60. The molecule has 0 aliphatic heterocycles. The van der Waals surface area contributed by atoms with E-state index in [0.717, 1.165) is 6.07 Å². The number of ether oxygens (including phenoxy) is 2. The summed E-state index contributed by atoms with van der Waals surface area (Å²) in [5, 5.41) is 0. The average Bonchev–Trinajstić information content (AvgIpc) is 2.69. The van der Waals surface area contributed by atoms with Crippen molar-refractivity contribution in [1.29, 1.82) is 0 Å². The summed E-state index contributed by atoms with van der Waals surface area (Å²) in [6.07, 6.45) is 1.64. The number of hydrogen-bond acceptors (Lipinski definition) is 4. The Bertz CT molecular complexity index is 1100. The molecule has 0 saturated carbocycles. The summed E-state index contributed by atoms with van der Waals surface area (Å²) in [7, 11) is 0. The van der Waals surface area contributed by atoms with Gasteiger partial charge in [0.2, 0.25) is 11.8 Å². The van der Waals surface area contributed by atoms with Crippen LogP contribution in [0.1, 0.15) is 0 Å². The molecule has 0 atom stereocenters. The van der Waals surface area contributed by atoms with Crippen molar-refractivity contribution in [3.8, 4) is 34.5 Å². The second-order valence-electron chi connectivity index (χ2n) is 5.83. The summed E-state index contributed by atoms with van der Waals surface area (Å²) in [5.41, 5.74) is 0.537. The molecule has 0 unspecified atom stereocenters. The average molecular weight is 376 g/mol. The van der Waals surface area contributed by atoms with Crippen LogP contribution in [-0.4, -0.2) is 9.97 Å². The van der Waals surface area contributed by atoms with Gasteiger partial charge in [0.15, 0.2) is 0 Å². The van der Waals surface area contributed by atoms with E-state index in [4.69, 9.17) is 9.47 Å². The standard InChI is InChI=1S/C22H14F2N2O2/c23-15-10-11-18(19(24)13-15)20-7-4-9-22(26-20)28-17-6-3-5-16(14-17)27-21-8-1-2-12-25-21/h1-14H. The largest absolute Gasteiger partial charge is 0.439 e. The molecule has 4 aromatic rings. The fraction of sp³-hybridized carbons (Fsp3) is 0. The van der Waals surface area contributed by atoms with E-state index in [-0.39, 0.29) is 11.4 Å². The lowest BCUT2D eigenvalue weighted by Crippen LogP contribution is -1.93. The van der Waals surface area contributed by atoms with Crippen LogP contribution in [0.4, 0.5) is 8.78 Å². The molecule has 2 aromatic carbocycles. The quantitative estimate of drug-likeness (QED) is 0.428. The molecule has 4 nitrogen and oxygen atoms in total. The first-order chi connectivity index (χ1) is 13.7.